The summed E-state index contributed by atoms with van der Waals surface area (Å²) >= 11 is 0. The molecule has 5 nitrogen and oxygen atoms in total. The van der Waals surface area contributed by atoms with Crippen LogP contribution >= 0.6 is 0 Å². The molecule has 0 aliphatic heterocycles. The van der Waals surface area contributed by atoms with Gasteiger partial charge in [-0.1, -0.05) is 49.3 Å². The van der Waals surface area contributed by atoms with Gasteiger partial charge < -0.3 is 15.0 Å². The average Bonchev–Trinajstić information content (AvgIpc) is 2.98. The molecule has 1 atom stereocenters. The molecule has 0 amide bonds. The van der Waals surface area contributed by atoms with E-state index in [-0.39, 0.29) is 6.10 Å². The quantitative estimate of drug-likeness (QED) is 0.877. The van der Waals surface area contributed by atoms with E-state index in [1.165, 1.54) is 0 Å². The van der Waals surface area contributed by atoms with Crippen molar-refractivity contribution in [2.45, 2.75) is 38.3 Å². The van der Waals surface area contributed by atoms with Crippen molar-refractivity contribution in [1.29, 1.82) is 0 Å². The van der Waals surface area contributed by atoms with Crippen LogP contribution in [0.3, 0.4) is 0 Å². The van der Waals surface area contributed by atoms with Crippen molar-refractivity contribution in [2.75, 3.05) is 7.11 Å². The number of aromatic nitrogens is 2. The van der Waals surface area contributed by atoms with Crippen molar-refractivity contribution in [1.82, 2.24) is 10.1 Å². The Kier molecular flexibility index (Phi) is 4.52. The summed E-state index contributed by atoms with van der Waals surface area (Å²) in [7, 11) is 1.63. The summed E-state index contributed by atoms with van der Waals surface area (Å²) in [4.78, 5) is 4.44. The number of hydrogen-bond acceptors (Lipinski definition) is 5. The van der Waals surface area contributed by atoms with E-state index in [1.54, 1.807) is 7.11 Å². The molecule has 1 heterocycles. The lowest BCUT2D eigenvalue weighted by Crippen LogP contribution is -2.35. The fourth-order valence-corrected chi connectivity index (χ4v) is 2.11. The first kappa shape index (κ1) is 14.7. The Bertz CT molecular complexity index is 535. The highest BCUT2D eigenvalue weighted by atomic mass is 16.5. The van der Waals surface area contributed by atoms with Gasteiger partial charge in [0.05, 0.1) is 5.54 Å². The minimum absolute atomic E-state index is 0.341. The molecule has 1 aromatic heterocycles. The van der Waals surface area contributed by atoms with Gasteiger partial charge in [0.2, 0.25) is 11.7 Å². The van der Waals surface area contributed by atoms with Gasteiger partial charge in [0.15, 0.2) is 0 Å². The zero-order valence-electron chi connectivity index (χ0n) is 12.2. The van der Waals surface area contributed by atoms with Crippen molar-refractivity contribution in [3.05, 3.63) is 47.6 Å². The summed E-state index contributed by atoms with van der Waals surface area (Å²) in [6.07, 6.45) is 1.15. The van der Waals surface area contributed by atoms with E-state index in [0.29, 0.717) is 11.7 Å². The third kappa shape index (κ3) is 2.73. The summed E-state index contributed by atoms with van der Waals surface area (Å²) in [5, 5.41) is 4.03. The van der Waals surface area contributed by atoms with Crippen LogP contribution in [0.25, 0.3) is 0 Å². The number of rotatable bonds is 6. The molecule has 0 fully saturated rings. The van der Waals surface area contributed by atoms with Gasteiger partial charge in [0.25, 0.3) is 0 Å². The molecule has 0 bridgehead atoms. The Morgan fingerprint density at radius 3 is 2.45 bits per heavy atom. The van der Waals surface area contributed by atoms with Gasteiger partial charge in [-0.2, -0.15) is 4.98 Å². The SMILES string of the molecule is CCC(N)(CC)c1nc(C(OC)c2ccccc2)no1. The maximum atomic E-state index is 6.27. The zero-order chi connectivity index (χ0) is 14.6. The molecule has 5 heteroatoms. The lowest BCUT2D eigenvalue weighted by Gasteiger charge is -2.21. The van der Waals surface area contributed by atoms with Gasteiger partial charge >= 0.3 is 0 Å². The smallest absolute Gasteiger partial charge is 0.246 e. The largest absolute Gasteiger partial charge is 0.369 e. The molecule has 0 radical (unpaired) electrons. The van der Waals surface area contributed by atoms with Gasteiger partial charge in [-0.3, -0.25) is 0 Å². The van der Waals surface area contributed by atoms with Crippen LogP contribution in [0.1, 0.15) is 50.1 Å². The normalized spacial score (nSPS) is 13.4. The summed E-state index contributed by atoms with van der Waals surface area (Å²) in [6.45, 7) is 4.02. The first-order valence-corrected chi connectivity index (χ1v) is 6.85. The maximum absolute atomic E-state index is 6.27. The number of hydrogen-bond donors (Lipinski definition) is 1. The highest BCUT2D eigenvalue weighted by Gasteiger charge is 2.31. The van der Waals surface area contributed by atoms with E-state index >= 15 is 0 Å². The van der Waals surface area contributed by atoms with Crippen LogP contribution in [0.4, 0.5) is 0 Å². The second-order valence-electron chi connectivity index (χ2n) is 4.85. The first-order valence-electron chi connectivity index (χ1n) is 6.85. The van der Waals surface area contributed by atoms with E-state index in [4.69, 9.17) is 15.0 Å². The number of ether oxygens (including phenoxy) is 1. The summed E-state index contributed by atoms with van der Waals surface area (Å²) in [6, 6.07) is 9.80. The second kappa shape index (κ2) is 6.15. The molecule has 1 unspecified atom stereocenters. The van der Waals surface area contributed by atoms with Gasteiger partial charge in [-0.25, -0.2) is 0 Å². The summed E-state index contributed by atoms with van der Waals surface area (Å²) in [5.41, 5.74) is 6.69. The Balaban J connectivity index is 2.32. The summed E-state index contributed by atoms with van der Waals surface area (Å²) < 4.78 is 10.8. The lowest BCUT2D eigenvalue weighted by atomic mass is 9.94. The standard InChI is InChI=1S/C15H21N3O2/c1-4-15(16,5-2)14-17-13(18-20-14)12(19-3)11-9-7-6-8-10-11/h6-10,12H,4-5,16H2,1-3H3. The second-order valence-corrected chi connectivity index (χ2v) is 4.85. The van der Waals surface area contributed by atoms with Gasteiger partial charge in [-0.05, 0) is 18.4 Å². The van der Waals surface area contributed by atoms with Crippen LogP contribution in [0, 0.1) is 0 Å². The van der Waals surface area contributed by atoms with Crippen molar-refractivity contribution in [2.24, 2.45) is 5.73 Å². The van der Waals surface area contributed by atoms with E-state index in [1.807, 2.05) is 44.2 Å². The molecule has 2 rings (SSSR count). The van der Waals surface area contributed by atoms with Crippen LogP contribution in [0.15, 0.2) is 34.9 Å². The lowest BCUT2D eigenvalue weighted by molar-refractivity contribution is 0.126. The minimum atomic E-state index is -0.569. The van der Waals surface area contributed by atoms with Crippen molar-refractivity contribution >= 4 is 0 Å². The monoisotopic (exact) mass is 275 g/mol. The molecule has 0 saturated carbocycles. The molecule has 0 aliphatic rings. The van der Waals surface area contributed by atoms with Crippen LogP contribution < -0.4 is 5.73 Å². The fraction of sp³-hybridized carbons (Fsp3) is 0.467. The molecule has 0 aliphatic carbocycles. The number of benzene rings is 1. The predicted molar refractivity (Wildman–Crippen MR) is 76.0 cm³/mol. The molecule has 0 spiro atoms. The Morgan fingerprint density at radius 1 is 1.25 bits per heavy atom. The predicted octanol–water partition coefficient (Wildman–Crippen LogP) is 2.78. The van der Waals surface area contributed by atoms with Crippen molar-refractivity contribution in [3.63, 3.8) is 0 Å². The Hall–Kier alpha value is -1.72. The van der Waals surface area contributed by atoms with Crippen LogP contribution in [0.5, 0.6) is 0 Å². The highest BCUT2D eigenvalue weighted by molar-refractivity contribution is 5.22. The molecule has 20 heavy (non-hydrogen) atoms. The minimum Gasteiger partial charge on any atom is -0.369 e. The Labute approximate surface area is 119 Å². The van der Waals surface area contributed by atoms with Crippen LogP contribution in [0.2, 0.25) is 0 Å². The third-order valence-corrected chi connectivity index (χ3v) is 3.70. The van der Waals surface area contributed by atoms with E-state index < -0.39 is 5.54 Å². The molecular formula is C15H21N3O2. The van der Waals surface area contributed by atoms with Crippen LogP contribution in [-0.2, 0) is 10.3 Å². The molecule has 2 N–H and O–H groups in total. The van der Waals surface area contributed by atoms with Gasteiger partial charge in [-0.15, -0.1) is 0 Å². The van der Waals surface area contributed by atoms with Gasteiger partial charge in [0, 0.05) is 7.11 Å². The molecule has 0 saturated heterocycles. The third-order valence-electron chi connectivity index (χ3n) is 3.70. The van der Waals surface area contributed by atoms with E-state index in [9.17, 15) is 0 Å². The molecular weight excluding hydrogens is 254 g/mol. The molecule has 1 aromatic carbocycles. The van der Waals surface area contributed by atoms with Gasteiger partial charge in [0.1, 0.15) is 6.10 Å². The number of methoxy groups -OCH3 is 1. The molecule has 2 aromatic rings. The average molecular weight is 275 g/mol. The first-order chi connectivity index (χ1) is 9.64. The van der Waals surface area contributed by atoms with Crippen molar-refractivity contribution < 1.29 is 9.26 Å². The Morgan fingerprint density at radius 2 is 1.90 bits per heavy atom. The molecule has 108 valence electrons. The zero-order valence-corrected chi connectivity index (χ0v) is 12.2. The maximum Gasteiger partial charge on any atom is 0.246 e. The van der Waals surface area contributed by atoms with E-state index in [0.717, 1.165) is 18.4 Å². The van der Waals surface area contributed by atoms with Crippen LogP contribution in [-0.4, -0.2) is 17.3 Å². The summed E-state index contributed by atoms with van der Waals surface area (Å²) in [5.74, 6) is 0.973. The number of nitrogens with two attached hydrogens (primary N) is 1. The van der Waals surface area contributed by atoms with E-state index in [2.05, 4.69) is 10.1 Å². The highest BCUT2D eigenvalue weighted by Crippen LogP contribution is 2.28. The number of nitrogens with zero attached hydrogens (tertiary/aromatic N) is 2. The fourth-order valence-electron chi connectivity index (χ4n) is 2.11. The van der Waals surface area contributed by atoms with Crippen molar-refractivity contribution in [3.8, 4) is 0 Å². The topological polar surface area (TPSA) is 74.2 Å².